The van der Waals surface area contributed by atoms with E-state index in [2.05, 4.69) is 12.1 Å². The molecule has 0 saturated heterocycles. The van der Waals surface area contributed by atoms with Crippen molar-refractivity contribution in [2.24, 2.45) is 0 Å². The highest BCUT2D eigenvalue weighted by Crippen LogP contribution is 2.41. The molecule has 3 aromatic rings. The van der Waals surface area contributed by atoms with Crippen molar-refractivity contribution in [3.8, 4) is 5.75 Å². The number of allylic oxidation sites excluding steroid dienone is 1. The van der Waals surface area contributed by atoms with Gasteiger partial charge in [-0.05, 0) is 55.3 Å². The van der Waals surface area contributed by atoms with Gasteiger partial charge in [0.1, 0.15) is 5.75 Å². The number of benzene rings is 3. The third-order valence-corrected chi connectivity index (χ3v) is 5.40. The summed E-state index contributed by atoms with van der Waals surface area (Å²) in [6.45, 7) is 5.48. The molecule has 0 aliphatic rings. The van der Waals surface area contributed by atoms with Gasteiger partial charge in [0.15, 0.2) is 6.79 Å². The van der Waals surface area contributed by atoms with Gasteiger partial charge in [0.2, 0.25) is 0 Å². The molecule has 0 bridgehead atoms. The summed E-state index contributed by atoms with van der Waals surface area (Å²) >= 11 is 0. The Hall–Kier alpha value is -3.15. The molecular formula is C27H30O5. The van der Waals surface area contributed by atoms with Gasteiger partial charge in [-0.3, -0.25) is 0 Å². The lowest BCUT2D eigenvalue weighted by Crippen LogP contribution is -2.10. The van der Waals surface area contributed by atoms with Gasteiger partial charge < -0.3 is 19.3 Å². The third kappa shape index (κ3) is 4.85. The van der Waals surface area contributed by atoms with Crippen molar-refractivity contribution in [3.63, 3.8) is 0 Å². The zero-order chi connectivity index (χ0) is 23.3. The first-order valence-electron chi connectivity index (χ1n) is 10.6. The number of methoxy groups -OCH3 is 2. The molecule has 0 aliphatic heterocycles. The second-order valence-corrected chi connectivity index (χ2v) is 7.94. The number of aliphatic hydroxyl groups excluding tert-OH is 1. The van der Waals surface area contributed by atoms with E-state index in [0.717, 1.165) is 27.5 Å². The van der Waals surface area contributed by atoms with E-state index in [0.29, 0.717) is 28.9 Å². The van der Waals surface area contributed by atoms with Gasteiger partial charge in [-0.15, -0.1) is 0 Å². The quantitative estimate of drug-likeness (QED) is 0.291. The third-order valence-electron chi connectivity index (χ3n) is 5.40. The highest BCUT2D eigenvalue weighted by molar-refractivity contribution is 6.21. The standard InChI is InChI=1S/C27H30O5/c1-17(2)24(27(29)31-5)23-15-22(18(3)28)26(32-16-30-4)25-20(12-9-13-21(23)25)14-19-10-7-6-8-11-19/h6-13,15,18,28H,14,16H2,1-5H3. The number of fused-ring (bicyclic) bond motifs is 1. The summed E-state index contributed by atoms with van der Waals surface area (Å²) < 4.78 is 16.3. The summed E-state index contributed by atoms with van der Waals surface area (Å²) in [5, 5.41) is 12.3. The minimum atomic E-state index is -0.814. The molecule has 3 rings (SSSR count). The van der Waals surface area contributed by atoms with Gasteiger partial charge in [0.25, 0.3) is 0 Å². The molecule has 0 aliphatic carbocycles. The van der Waals surface area contributed by atoms with Crippen LogP contribution in [0.25, 0.3) is 16.3 Å². The molecule has 1 unspecified atom stereocenters. The molecule has 0 heterocycles. The van der Waals surface area contributed by atoms with Crippen molar-refractivity contribution in [1.82, 2.24) is 0 Å². The number of hydrogen-bond acceptors (Lipinski definition) is 5. The lowest BCUT2D eigenvalue weighted by atomic mass is 9.88. The Balaban J connectivity index is 2.40. The SMILES string of the molecule is COCOc1c(C(C)O)cc(C(C(=O)OC)=C(C)C)c2cccc(Cc3ccccc3)c12. The fourth-order valence-corrected chi connectivity index (χ4v) is 3.97. The Morgan fingerprint density at radius 3 is 2.34 bits per heavy atom. The van der Waals surface area contributed by atoms with Crippen molar-refractivity contribution >= 4 is 22.3 Å². The lowest BCUT2D eigenvalue weighted by molar-refractivity contribution is -0.133. The molecule has 5 heteroatoms. The van der Waals surface area contributed by atoms with Crippen LogP contribution in [0.2, 0.25) is 0 Å². The van der Waals surface area contributed by atoms with Gasteiger partial charge in [0, 0.05) is 18.1 Å². The molecule has 1 N–H and O–H groups in total. The number of carbonyl (C=O) groups is 1. The first kappa shape index (κ1) is 23.5. The molecule has 1 atom stereocenters. The Morgan fingerprint density at radius 2 is 1.75 bits per heavy atom. The Labute approximate surface area is 189 Å². The number of ether oxygens (including phenoxy) is 3. The van der Waals surface area contributed by atoms with Gasteiger partial charge >= 0.3 is 5.97 Å². The Bertz CT molecular complexity index is 1130. The van der Waals surface area contributed by atoms with E-state index in [4.69, 9.17) is 14.2 Å². The Kier molecular flexibility index (Phi) is 7.67. The largest absolute Gasteiger partial charge is 0.467 e. The predicted molar refractivity (Wildman–Crippen MR) is 127 cm³/mol. The van der Waals surface area contributed by atoms with Crippen LogP contribution >= 0.6 is 0 Å². The van der Waals surface area contributed by atoms with Crippen LogP contribution in [0.4, 0.5) is 0 Å². The van der Waals surface area contributed by atoms with E-state index in [1.807, 2.05) is 56.3 Å². The van der Waals surface area contributed by atoms with Crippen molar-refractivity contribution in [3.05, 3.63) is 82.4 Å². The zero-order valence-electron chi connectivity index (χ0n) is 19.3. The van der Waals surface area contributed by atoms with E-state index < -0.39 is 12.1 Å². The van der Waals surface area contributed by atoms with Crippen molar-refractivity contribution in [2.75, 3.05) is 21.0 Å². The van der Waals surface area contributed by atoms with Gasteiger partial charge in [-0.2, -0.15) is 0 Å². The van der Waals surface area contributed by atoms with Crippen LogP contribution < -0.4 is 4.74 Å². The van der Waals surface area contributed by atoms with E-state index in [-0.39, 0.29) is 6.79 Å². The molecule has 3 aromatic carbocycles. The minimum Gasteiger partial charge on any atom is -0.467 e. The molecule has 0 fully saturated rings. The fourth-order valence-electron chi connectivity index (χ4n) is 3.97. The Morgan fingerprint density at radius 1 is 1.03 bits per heavy atom. The highest BCUT2D eigenvalue weighted by atomic mass is 16.7. The van der Waals surface area contributed by atoms with Crippen LogP contribution in [0.1, 0.15) is 49.1 Å². The number of rotatable bonds is 8. The molecule has 5 nitrogen and oxygen atoms in total. The second-order valence-electron chi connectivity index (χ2n) is 7.94. The fraction of sp³-hybridized carbons (Fsp3) is 0.296. The number of esters is 1. The van der Waals surface area contributed by atoms with Crippen LogP contribution in [-0.4, -0.2) is 32.1 Å². The zero-order valence-corrected chi connectivity index (χ0v) is 19.3. The van der Waals surface area contributed by atoms with Crippen LogP contribution in [0.3, 0.4) is 0 Å². The molecular weight excluding hydrogens is 404 g/mol. The molecule has 0 aromatic heterocycles. The summed E-state index contributed by atoms with van der Waals surface area (Å²) in [7, 11) is 2.93. The molecule has 0 amide bonds. The van der Waals surface area contributed by atoms with Crippen molar-refractivity contribution in [2.45, 2.75) is 33.3 Å². The smallest absolute Gasteiger partial charge is 0.338 e. The number of hydrogen-bond donors (Lipinski definition) is 1. The van der Waals surface area contributed by atoms with E-state index in [9.17, 15) is 9.90 Å². The van der Waals surface area contributed by atoms with Gasteiger partial charge in [-0.25, -0.2) is 4.79 Å². The predicted octanol–water partition coefficient (Wildman–Crippen LogP) is 5.43. The summed E-state index contributed by atoms with van der Waals surface area (Å²) in [6, 6.07) is 18.0. The average Bonchev–Trinajstić information content (AvgIpc) is 2.78. The van der Waals surface area contributed by atoms with E-state index in [1.165, 1.54) is 7.11 Å². The van der Waals surface area contributed by atoms with E-state index >= 15 is 0 Å². The van der Waals surface area contributed by atoms with Crippen LogP contribution in [0, 0.1) is 0 Å². The lowest BCUT2D eigenvalue weighted by Gasteiger charge is -2.22. The maximum Gasteiger partial charge on any atom is 0.338 e. The monoisotopic (exact) mass is 434 g/mol. The number of aliphatic hydroxyl groups is 1. The maximum atomic E-state index is 12.7. The average molecular weight is 435 g/mol. The summed E-state index contributed by atoms with van der Waals surface area (Å²) in [5.41, 5.74) is 4.79. The summed E-state index contributed by atoms with van der Waals surface area (Å²) in [4.78, 5) is 12.7. The summed E-state index contributed by atoms with van der Waals surface area (Å²) in [5.74, 6) is 0.145. The topological polar surface area (TPSA) is 65.0 Å². The molecule has 0 saturated carbocycles. The summed E-state index contributed by atoms with van der Waals surface area (Å²) in [6.07, 6.45) is -0.141. The highest BCUT2D eigenvalue weighted by Gasteiger charge is 2.24. The second kappa shape index (κ2) is 10.4. The first-order valence-corrected chi connectivity index (χ1v) is 10.6. The van der Waals surface area contributed by atoms with Crippen LogP contribution in [-0.2, 0) is 20.7 Å². The van der Waals surface area contributed by atoms with Crippen LogP contribution in [0.15, 0.2) is 60.2 Å². The van der Waals surface area contributed by atoms with Gasteiger partial charge in [-0.1, -0.05) is 54.1 Å². The maximum absolute atomic E-state index is 12.7. The number of carbonyl (C=O) groups excluding carboxylic acids is 1. The normalized spacial score (nSPS) is 11.8. The van der Waals surface area contributed by atoms with E-state index in [1.54, 1.807) is 14.0 Å². The minimum absolute atomic E-state index is 0.0420. The van der Waals surface area contributed by atoms with Crippen LogP contribution in [0.5, 0.6) is 5.75 Å². The van der Waals surface area contributed by atoms with Crippen molar-refractivity contribution < 1.29 is 24.1 Å². The molecule has 32 heavy (non-hydrogen) atoms. The molecule has 0 radical (unpaired) electrons. The van der Waals surface area contributed by atoms with Gasteiger partial charge in [0.05, 0.1) is 18.8 Å². The first-order chi connectivity index (χ1) is 15.4. The van der Waals surface area contributed by atoms with Crippen molar-refractivity contribution in [1.29, 1.82) is 0 Å². The molecule has 168 valence electrons. The molecule has 0 spiro atoms.